The van der Waals surface area contributed by atoms with E-state index < -0.39 is 53.1 Å². The Balaban J connectivity index is 0.675. The topological polar surface area (TPSA) is 233 Å². The van der Waals surface area contributed by atoms with Crippen molar-refractivity contribution in [2.45, 2.75) is 31.8 Å². The van der Waals surface area contributed by atoms with Gasteiger partial charge in [0.1, 0.15) is 41.6 Å². The van der Waals surface area contributed by atoms with Crippen molar-refractivity contribution < 1.29 is 70.8 Å². The number of anilines is 1. The molecule has 1 unspecified atom stereocenters. The Hall–Kier alpha value is -6.65. The van der Waals surface area contributed by atoms with Gasteiger partial charge in [0.05, 0.1) is 77.2 Å². The van der Waals surface area contributed by atoms with Crippen LogP contribution in [0.3, 0.4) is 0 Å². The number of nitrogens with zero attached hydrogens (tertiary/aromatic N) is 2. The highest BCUT2D eigenvalue weighted by Crippen LogP contribution is 2.34. The number of rotatable bonds is 25. The number of carbonyl (C=O) groups is 7. The Morgan fingerprint density at radius 3 is 2.04 bits per heavy atom. The number of halogens is 2. The van der Waals surface area contributed by atoms with Gasteiger partial charge in [0.2, 0.25) is 23.6 Å². The van der Waals surface area contributed by atoms with E-state index in [1.807, 2.05) is 0 Å². The molecule has 4 heterocycles. The average molecular weight is 933 g/mol. The van der Waals surface area contributed by atoms with Crippen LogP contribution in [0.2, 0.25) is 0 Å². The first kappa shape index (κ1) is 48.3. The van der Waals surface area contributed by atoms with Gasteiger partial charge >= 0.3 is 0 Å². The van der Waals surface area contributed by atoms with Crippen LogP contribution in [0.15, 0.2) is 60.7 Å². The van der Waals surface area contributed by atoms with Gasteiger partial charge in [0.25, 0.3) is 17.7 Å². The van der Waals surface area contributed by atoms with Crippen LogP contribution in [0, 0.1) is 17.6 Å². The Labute approximate surface area is 382 Å². The summed E-state index contributed by atoms with van der Waals surface area (Å²) >= 11 is 0. The quantitative estimate of drug-likeness (QED) is 0.0426. The number of benzene rings is 3. The lowest BCUT2D eigenvalue weighted by molar-refractivity contribution is -0.136. The standard InChI is InChI=1S/C46H50F2N6O13/c47-30-22-28(23-31(48)26-30)27-50-41(56)34-8-10-53(44(34)59)32-4-5-35-29(24-32)25-36(51-35)42(57)49-9-11-62-12-13-63-14-15-64-16-17-65-18-19-66-20-21-67-38-3-1-2-33-40(38)46(61)54(45(33)60)37-6-7-39(55)52-43(37)58/h1-5,22-26,34,37,51H,6-21,27H2,(H,49,57)(H,50,56)(H,52,55,58)/t34-,37?/m1/s1. The van der Waals surface area contributed by atoms with Gasteiger partial charge in [-0.1, -0.05) is 6.07 Å². The van der Waals surface area contributed by atoms with Gasteiger partial charge in [-0.15, -0.1) is 0 Å². The summed E-state index contributed by atoms with van der Waals surface area (Å²) in [7, 11) is 0. The van der Waals surface area contributed by atoms with Crippen molar-refractivity contribution in [2.24, 2.45) is 5.92 Å². The number of imide groups is 2. The summed E-state index contributed by atoms with van der Waals surface area (Å²) in [5.74, 6) is -5.88. The maximum atomic E-state index is 13.5. The van der Waals surface area contributed by atoms with E-state index in [-0.39, 0.29) is 86.4 Å². The number of carbonyl (C=O) groups excluding carboxylic acids is 7. The van der Waals surface area contributed by atoms with E-state index in [9.17, 15) is 42.3 Å². The van der Waals surface area contributed by atoms with Crippen molar-refractivity contribution in [3.05, 3.63) is 94.7 Å². The molecule has 1 aromatic heterocycles. The fraction of sp³-hybridized carbons (Fsp3) is 0.413. The molecule has 3 aromatic carbocycles. The number of piperidine rings is 1. The zero-order valence-corrected chi connectivity index (χ0v) is 36.4. The number of H-pyrrole nitrogens is 1. The number of nitrogens with one attached hydrogen (secondary N) is 4. The van der Waals surface area contributed by atoms with Crippen molar-refractivity contribution in [3.63, 3.8) is 0 Å². The van der Waals surface area contributed by atoms with Crippen molar-refractivity contribution in [3.8, 4) is 5.75 Å². The molecule has 21 heteroatoms. The third-order valence-corrected chi connectivity index (χ3v) is 11.0. The van der Waals surface area contributed by atoms with Crippen LogP contribution in [0.25, 0.3) is 10.9 Å². The third kappa shape index (κ3) is 12.4. The molecular formula is C46H50F2N6O13. The van der Waals surface area contributed by atoms with Crippen LogP contribution in [0.4, 0.5) is 14.5 Å². The highest BCUT2D eigenvalue weighted by molar-refractivity contribution is 6.24. The predicted octanol–water partition coefficient (Wildman–Crippen LogP) is 2.41. The second-order valence-corrected chi connectivity index (χ2v) is 15.6. The minimum absolute atomic E-state index is 0.0307. The summed E-state index contributed by atoms with van der Waals surface area (Å²) in [6.07, 6.45) is 0.370. The number of hydrogen-bond acceptors (Lipinski definition) is 13. The van der Waals surface area contributed by atoms with Crippen LogP contribution in [-0.4, -0.2) is 143 Å². The van der Waals surface area contributed by atoms with Crippen LogP contribution >= 0.6 is 0 Å². The number of fused-ring (bicyclic) bond motifs is 2. The number of hydrogen-bond donors (Lipinski definition) is 4. The maximum absolute atomic E-state index is 13.5. The first-order valence-electron chi connectivity index (χ1n) is 21.8. The summed E-state index contributed by atoms with van der Waals surface area (Å²) in [6.45, 7) is 3.69. The van der Waals surface area contributed by atoms with Crippen LogP contribution in [-0.2, 0) is 49.4 Å². The summed E-state index contributed by atoms with van der Waals surface area (Å²) < 4.78 is 60.4. The van der Waals surface area contributed by atoms with Crippen molar-refractivity contribution >= 4 is 57.9 Å². The molecule has 0 bridgehead atoms. The summed E-state index contributed by atoms with van der Waals surface area (Å²) in [5, 5.41) is 8.26. The average Bonchev–Trinajstić information content (AvgIpc) is 3.99. The predicted molar refractivity (Wildman–Crippen MR) is 232 cm³/mol. The van der Waals surface area contributed by atoms with E-state index in [1.165, 1.54) is 11.0 Å². The maximum Gasteiger partial charge on any atom is 0.267 e. The highest BCUT2D eigenvalue weighted by Gasteiger charge is 2.46. The fourth-order valence-electron chi connectivity index (χ4n) is 7.74. The molecule has 4 aromatic rings. The minimum Gasteiger partial charge on any atom is -0.490 e. The zero-order valence-electron chi connectivity index (χ0n) is 36.4. The molecule has 0 radical (unpaired) electrons. The highest BCUT2D eigenvalue weighted by atomic mass is 19.1. The van der Waals surface area contributed by atoms with Crippen molar-refractivity contribution in [1.29, 1.82) is 0 Å². The molecule has 0 saturated carbocycles. The lowest BCUT2D eigenvalue weighted by Gasteiger charge is -2.27. The van der Waals surface area contributed by atoms with E-state index >= 15 is 0 Å². The first-order chi connectivity index (χ1) is 32.5. The molecule has 356 valence electrons. The molecule has 0 aliphatic carbocycles. The van der Waals surface area contributed by atoms with E-state index in [0.717, 1.165) is 23.1 Å². The molecule has 67 heavy (non-hydrogen) atoms. The van der Waals surface area contributed by atoms with Crippen LogP contribution in [0.1, 0.15) is 56.0 Å². The normalized spacial score (nSPS) is 17.1. The second kappa shape index (κ2) is 23.2. The SMILES string of the molecule is O=C1CCC(N2C(=O)c3cccc(OCCOCCOCCOCCOCCOCCNC(=O)c4cc5cc(N6CC[C@H](C(=O)NCc7cc(F)cc(F)c7)C6=O)ccc5[nH]4)c3C2=O)C(=O)N1. The Bertz CT molecular complexity index is 2460. The summed E-state index contributed by atoms with van der Waals surface area (Å²) in [5.41, 5.74) is 2.04. The molecule has 0 spiro atoms. The molecule has 7 amide bonds. The molecule has 3 aliphatic heterocycles. The molecule has 7 rings (SSSR count). The molecule has 2 fully saturated rings. The number of aromatic nitrogens is 1. The van der Waals surface area contributed by atoms with Crippen LogP contribution in [0.5, 0.6) is 5.75 Å². The lowest BCUT2D eigenvalue weighted by Crippen LogP contribution is -2.54. The summed E-state index contributed by atoms with van der Waals surface area (Å²) in [4.78, 5) is 94.2. The second-order valence-electron chi connectivity index (χ2n) is 15.6. The molecule has 3 aliphatic rings. The number of aromatic amines is 1. The number of amides is 7. The fourth-order valence-corrected chi connectivity index (χ4v) is 7.74. The van der Waals surface area contributed by atoms with Gasteiger partial charge in [-0.25, -0.2) is 8.78 Å². The monoisotopic (exact) mass is 932 g/mol. The van der Waals surface area contributed by atoms with Gasteiger partial charge in [0.15, 0.2) is 0 Å². The lowest BCUT2D eigenvalue weighted by atomic mass is 10.0. The largest absolute Gasteiger partial charge is 0.490 e. The minimum atomic E-state index is -1.06. The summed E-state index contributed by atoms with van der Waals surface area (Å²) in [6, 6.07) is 13.5. The van der Waals surface area contributed by atoms with Gasteiger partial charge < -0.3 is 48.9 Å². The Morgan fingerprint density at radius 2 is 1.37 bits per heavy atom. The molecule has 19 nitrogen and oxygen atoms in total. The first-order valence-corrected chi connectivity index (χ1v) is 21.8. The number of ether oxygens (including phenoxy) is 6. The van der Waals surface area contributed by atoms with Gasteiger partial charge in [-0.2, -0.15) is 0 Å². The van der Waals surface area contributed by atoms with E-state index in [1.54, 1.807) is 36.4 Å². The van der Waals surface area contributed by atoms with Crippen molar-refractivity contribution in [1.82, 2.24) is 25.8 Å². The Morgan fingerprint density at radius 1 is 0.716 bits per heavy atom. The third-order valence-electron chi connectivity index (χ3n) is 11.0. The van der Waals surface area contributed by atoms with E-state index in [2.05, 4.69) is 20.9 Å². The van der Waals surface area contributed by atoms with E-state index in [0.29, 0.717) is 81.7 Å². The van der Waals surface area contributed by atoms with Crippen molar-refractivity contribution in [2.75, 3.05) is 90.7 Å². The Kier molecular flexibility index (Phi) is 16.7. The van der Waals surface area contributed by atoms with Crippen LogP contribution < -0.4 is 25.6 Å². The smallest absolute Gasteiger partial charge is 0.267 e. The van der Waals surface area contributed by atoms with Gasteiger partial charge in [0, 0.05) is 48.7 Å². The van der Waals surface area contributed by atoms with Gasteiger partial charge in [-0.05, 0) is 66.9 Å². The molecular weight excluding hydrogens is 883 g/mol. The van der Waals surface area contributed by atoms with Gasteiger partial charge in [-0.3, -0.25) is 43.8 Å². The van der Waals surface area contributed by atoms with E-state index in [4.69, 9.17) is 28.4 Å². The molecule has 2 atom stereocenters. The molecule has 2 saturated heterocycles. The zero-order chi connectivity index (χ0) is 47.3. The molecule has 4 N–H and O–H groups in total.